The normalized spacial score (nSPS) is 17.1. The van der Waals surface area contributed by atoms with Crippen molar-refractivity contribution in [2.45, 2.75) is 50.1 Å². The van der Waals surface area contributed by atoms with E-state index in [2.05, 4.69) is 24.4 Å². The summed E-state index contributed by atoms with van der Waals surface area (Å²) in [5, 5.41) is 3.17. The van der Waals surface area contributed by atoms with E-state index in [1.165, 1.54) is 24.6 Å². The smallest absolute Gasteiger partial charge is 0.265 e. The van der Waals surface area contributed by atoms with Gasteiger partial charge in [-0.3, -0.25) is 9.59 Å². The number of hydrogen-bond donors (Lipinski definition) is 1. The highest BCUT2D eigenvalue weighted by Gasteiger charge is 2.30. The first-order valence-corrected chi connectivity index (χ1v) is 12.7. The minimum absolute atomic E-state index is 0.0452. The second-order valence-corrected chi connectivity index (χ2v) is 10.1. The van der Waals surface area contributed by atoms with E-state index in [1.807, 2.05) is 71.6 Å². The second kappa shape index (κ2) is 9.90. The van der Waals surface area contributed by atoms with Gasteiger partial charge in [0.15, 0.2) is 0 Å². The van der Waals surface area contributed by atoms with Crippen LogP contribution in [-0.4, -0.2) is 17.9 Å². The van der Waals surface area contributed by atoms with Gasteiger partial charge in [0.1, 0.15) is 0 Å². The molecular formula is C29H28N2O2S. The van der Waals surface area contributed by atoms with Crippen molar-refractivity contribution >= 4 is 35.3 Å². The molecule has 2 amide bonds. The third kappa shape index (κ3) is 4.95. The molecule has 4 nitrogen and oxygen atoms in total. The molecule has 0 unspecified atom stereocenters. The highest BCUT2D eigenvalue weighted by Crippen LogP contribution is 2.43. The first kappa shape index (κ1) is 22.5. The van der Waals surface area contributed by atoms with E-state index in [0.717, 1.165) is 40.1 Å². The topological polar surface area (TPSA) is 49.4 Å². The number of thioether (sulfide) groups is 1. The fraction of sp³-hybridized carbons (Fsp3) is 0.241. The van der Waals surface area contributed by atoms with E-state index in [0.29, 0.717) is 17.0 Å². The van der Waals surface area contributed by atoms with Crippen molar-refractivity contribution in [2.24, 2.45) is 0 Å². The van der Waals surface area contributed by atoms with E-state index in [4.69, 9.17) is 0 Å². The van der Waals surface area contributed by atoms with Crippen molar-refractivity contribution in [3.05, 3.63) is 100.0 Å². The molecule has 3 aromatic rings. The van der Waals surface area contributed by atoms with Crippen LogP contribution in [-0.2, 0) is 11.3 Å². The molecular weight excluding hydrogens is 440 g/mol. The van der Waals surface area contributed by atoms with Gasteiger partial charge in [0.05, 0.1) is 17.1 Å². The number of carbonyl (C=O) groups is 2. The van der Waals surface area contributed by atoms with Crippen LogP contribution < -0.4 is 10.2 Å². The molecule has 1 fully saturated rings. The number of nitrogens with zero attached hydrogens (tertiary/aromatic N) is 1. The van der Waals surface area contributed by atoms with E-state index >= 15 is 0 Å². The molecule has 5 heteroatoms. The van der Waals surface area contributed by atoms with E-state index in [-0.39, 0.29) is 17.9 Å². The van der Waals surface area contributed by atoms with Crippen LogP contribution in [0.2, 0.25) is 0 Å². The van der Waals surface area contributed by atoms with Gasteiger partial charge >= 0.3 is 0 Å². The molecule has 1 saturated carbocycles. The minimum atomic E-state index is -0.0618. The molecule has 3 aromatic carbocycles. The van der Waals surface area contributed by atoms with Crippen molar-refractivity contribution in [1.29, 1.82) is 0 Å². The minimum Gasteiger partial charge on any atom is -0.349 e. The quantitative estimate of drug-likeness (QED) is 0.444. The van der Waals surface area contributed by atoms with Crippen LogP contribution in [0.5, 0.6) is 0 Å². The zero-order valence-corrected chi connectivity index (χ0v) is 20.1. The number of benzene rings is 3. The number of fused-ring (bicyclic) bond motifs is 1. The lowest BCUT2D eigenvalue weighted by Crippen LogP contribution is -2.35. The van der Waals surface area contributed by atoms with E-state index < -0.39 is 0 Å². The number of hydrogen-bond acceptors (Lipinski definition) is 3. The van der Waals surface area contributed by atoms with Crippen LogP contribution >= 0.6 is 11.8 Å². The summed E-state index contributed by atoms with van der Waals surface area (Å²) in [6.45, 7) is 2.51. The number of nitrogens with one attached hydrogen (secondary N) is 1. The van der Waals surface area contributed by atoms with Gasteiger partial charge in [-0.05, 0) is 55.2 Å². The predicted octanol–water partition coefficient (Wildman–Crippen LogP) is 6.35. The summed E-state index contributed by atoms with van der Waals surface area (Å²) in [6.07, 6.45) is 6.36. The molecule has 1 aliphatic carbocycles. The summed E-state index contributed by atoms with van der Waals surface area (Å²) in [4.78, 5) is 30.1. The van der Waals surface area contributed by atoms with Gasteiger partial charge in [0.2, 0.25) is 0 Å². The van der Waals surface area contributed by atoms with Gasteiger partial charge in [-0.2, -0.15) is 0 Å². The Hall–Kier alpha value is -3.31. The van der Waals surface area contributed by atoms with Crippen LogP contribution in [0.1, 0.15) is 52.7 Å². The number of anilines is 1. The number of aryl methyl sites for hydroxylation is 1. The molecule has 0 radical (unpaired) electrons. The lowest BCUT2D eigenvalue weighted by atomic mass is 10.1. The van der Waals surface area contributed by atoms with Crippen molar-refractivity contribution in [2.75, 3.05) is 4.90 Å². The zero-order chi connectivity index (χ0) is 23.5. The highest BCUT2D eigenvalue weighted by atomic mass is 32.2. The van der Waals surface area contributed by atoms with Crippen LogP contribution in [0.4, 0.5) is 5.69 Å². The average Bonchev–Trinajstić information content (AvgIpc) is 3.35. The molecule has 1 N–H and O–H groups in total. The maximum atomic E-state index is 13.7. The Bertz CT molecular complexity index is 1250. The Morgan fingerprint density at radius 3 is 2.59 bits per heavy atom. The standard InChI is InChI=1S/C29H28N2O2S/c1-20-8-7-11-22(16-20)19-31-25-18-23(28(32)30-24-12-5-6-13-24)14-15-26(25)34-27(29(31)33)17-21-9-3-2-4-10-21/h2-4,7-11,14-18,24H,5-6,12-13,19H2,1H3,(H,30,32)/b27-17-. The number of carbonyl (C=O) groups excluding carboxylic acids is 2. The van der Waals surface area contributed by atoms with E-state index in [1.54, 1.807) is 0 Å². The Kier molecular flexibility index (Phi) is 6.54. The molecule has 5 rings (SSSR count). The molecule has 0 bridgehead atoms. The fourth-order valence-corrected chi connectivity index (χ4v) is 5.68. The summed E-state index contributed by atoms with van der Waals surface area (Å²) in [6, 6.07) is 24.1. The van der Waals surface area contributed by atoms with Crippen molar-refractivity contribution in [1.82, 2.24) is 5.32 Å². The molecule has 172 valence electrons. The Balaban J connectivity index is 1.50. The molecule has 34 heavy (non-hydrogen) atoms. The fourth-order valence-electron chi connectivity index (χ4n) is 4.64. The van der Waals surface area contributed by atoms with Crippen molar-refractivity contribution < 1.29 is 9.59 Å². The monoisotopic (exact) mass is 468 g/mol. The van der Waals surface area contributed by atoms with Gasteiger partial charge in [0, 0.05) is 16.5 Å². The number of rotatable bonds is 5. The van der Waals surface area contributed by atoms with Crippen LogP contribution in [0.3, 0.4) is 0 Å². The van der Waals surface area contributed by atoms with Gasteiger partial charge in [-0.25, -0.2) is 0 Å². The Labute approximate surface area is 205 Å². The van der Waals surface area contributed by atoms with Gasteiger partial charge in [0.25, 0.3) is 11.8 Å². The van der Waals surface area contributed by atoms with Crippen LogP contribution in [0.15, 0.2) is 82.6 Å². The van der Waals surface area contributed by atoms with Crippen molar-refractivity contribution in [3.8, 4) is 0 Å². The SMILES string of the molecule is Cc1cccc(CN2C(=O)/C(=C/c3ccccc3)Sc3ccc(C(=O)NC4CCCC4)cc32)c1. The van der Waals surface area contributed by atoms with Gasteiger partial charge in [-0.15, -0.1) is 0 Å². The average molecular weight is 469 g/mol. The molecule has 1 aliphatic heterocycles. The molecule has 0 aromatic heterocycles. The maximum Gasteiger partial charge on any atom is 0.265 e. The third-order valence-electron chi connectivity index (χ3n) is 6.40. The summed E-state index contributed by atoms with van der Waals surface area (Å²) in [5.41, 5.74) is 4.60. The first-order valence-electron chi connectivity index (χ1n) is 11.8. The predicted molar refractivity (Wildman–Crippen MR) is 139 cm³/mol. The van der Waals surface area contributed by atoms with Crippen LogP contribution in [0, 0.1) is 6.92 Å². The lowest BCUT2D eigenvalue weighted by Gasteiger charge is -2.31. The Morgan fingerprint density at radius 2 is 1.82 bits per heavy atom. The summed E-state index contributed by atoms with van der Waals surface area (Å²) in [7, 11) is 0. The number of amides is 2. The summed E-state index contributed by atoms with van der Waals surface area (Å²) < 4.78 is 0. The third-order valence-corrected chi connectivity index (χ3v) is 7.48. The maximum absolute atomic E-state index is 13.7. The summed E-state index contributed by atoms with van der Waals surface area (Å²) in [5.74, 6) is -0.107. The Morgan fingerprint density at radius 1 is 1.03 bits per heavy atom. The lowest BCUT2D eigenvalue weighted by molar-refractivity contribution is -0.114. The molecule has 0 saturated heterocycles. The molecule has 2 aliphatic rings. The van der Waals surface area contributed by atoms with Crippen molar-refractivity contribution in [3.63, 3.8) is 0 Å². The first-order chi connectivity index (χ1) is 16.6. The highest BCUT2D eigenvalue weighted by molar-refractivity contribution is 8.04. The summed E-state index contributed by atoms with van der Waals surface area (Å²) >= 11 is 1.47. The van der Waals surface area contributed by atoms with Gasteiger partial charge < -0.3 is 10.2 Å². The molecule has 0 spiro atoms. The van der Waals surface area contributed by atoms with E-state index in [9.17, 15) is 9.59 Å². The second-order valence-electron chi connectivity index (χ2n) is 9.04. The molecule has 1 heterocycles. The molecule has 0 atom stereocenters. The zero-order valence-electron chi connectivity index (χ0n) is 19.3. The van der Waals surface area contributed by atoms with Crippen LogP contribution in [0.25, 0.3) is 6.08 Å². The largest absolute Gasteiger partial charge is 0.349 e. The van der Waals surface area contributed by atoms with Gasteiger partial charge in [-0.1, -0.05) is 84.8 Å².